The number of nitrogens with one attached hydrogen (secondary N) is 3. The van der Waals surface area contributed by atoms with E-state index >= 15 is 0 Å². The number of anilines is 1. The third-order valence-electron chi connectivity index (χ3n) is 4.36. The van der Waals surface area contributed by atoms with Crippen LogP contribution in [0.1, 0.15) is 45.1 Å². The molecule has 1 aliphatic rings. The number of amides is 4. The van der Waals surface area contributed by atoms with Gasteiger partial charge in [0.15, 0.2) is 0 Å². The first kappa shape index (κ1) is 25.3. The van der Waals surface area contributed by atoms with Crippen LogP contribution in [0.15, 0.2) is 24.3 Å². The Labute approximate surface area is 187 Å². The summed E-state index contributed by atoms with van der Waals surface area (Å²) in [6.45, 7) is 6.35. The number of carbonyl (C=O) groups is 4. The second-order valence-electron chi connectivity index (χ2n) is 8.27. The normalized spacial score (nSPS) is 16.3. The first-order valence-corrected chi connectivity index (χ1v) is 10.5. The van der Waals surface area contributed by atoms with Crippen molar-refractivity contribution >= 4 is 29.5 Å². The van der Waals surface area contributed by atoms with Crippen LogP contribution < -0.4 is 16.0 Å². The third-order valence-corrected chi connectivity index (χ3v) is 4.36. The average molecular weight is 450 g/mol. The second-order valence-corrected chi connectivity index (χ2v) is 8.27. The van der Waals surface area contributed by atoms with Gasteiger partial charge in [0.25, 0.3) is 0 Å². The lowest BCUT2D eigenvalue weighted by Gasteiger charge is -2.21. The van der Waals surface area contributed by atoms with Crippen LogP contribution in [0.5, 0.6) is 0 Å². The summed E-state index contributed by atoms with van der Waals surface area (Å²) >= 11 is 0. The summed E-state index contributed by atoms with van der Waals surface area (Å²) in [5.74, 6) is -1.22. The molecule has 1 unspecified atom stereocenters. The monoisotopic (exact) mass is 449 g/mol. The summed E-state index contributed by atoms with van der Waals surface area (Å²) in [7, 11) is 0. The van der Waals surface area contributed by atoms with Gasteiger partial charge in [0.2, 0.25) is 17.7 Å². The van der Waals surface area contributed by atoms with E-state index in [9.17, 15) is 19.2 Å². The lowest BCUT2D eigenvalue weighted by Crippen LogP contribution is -2.39. The van der Waals surface area contributed by atoms with Gasteiger partial charge in [0, 0.05) is 18.7 Å². The summed E-state index contributed by atoms with van der Waals surface area (Å²) < 4.78 is 15.7. The topological polar surface area (TPSA) is 132 Å². The van der Waals surface area contributed by atoms with Gasteiger partial charge in [0.1, 0.15) is 12.2 Å². The van der Waals surface area contributed by atoms with Crippen LogP contribution in [0.3, 0.4) is 0 Å². The molecule has 0 aliphatic carbocycles. The van der Waals surface area contributed by atoms with E-state index in [1.165, 1.54) is 0 Å². The Morgan fingerprint density at radius 2 is 1.75 bits per heavy atom. The van der Waals surface area contributed by atoms with Crippen LogP contribution in [0, 0.1) is 0 Å². The lowest BCUT2D eigenvalue weighted by atomic mass is 9.90. The van der Waals surface area contributed by atoms with Crippen LogP contribution in [0.2, 0.25) is 0 Å². The standard InChI is InChI=1S/C22H31N3O7/c1-22(2,3)32-21(29)23-10-11-30-12-13-31-14-19(27)24-16-6-4-15(5-7-16)17-8-9-18(26)25-20(17)28/h4-7,17H,8-14H2,1-3H3,(H,23,29)(H,24,27)(H,25,26,28). The van der Waals surface area contributed by atoms with E-state index in [1.807, 2.05) is 0 Å². The van der Waals surface area contributed by atoms with E-state index in [0.29, 0.717) is 31.7 Å². The van der Waals surface area contributed by atoms with Crippen molar-refractivity contribution in [3.8, 4) is 0 Å². The van der Waals surface area contributed by atoms with Gasteiger partial charge in [-0.15, -0.1) is 0 Å². The molecule has 2 rings (SSSR count). The molecule has 3 N–H and O–H groups in total. The highest BCUT2D eigenvalue weighted by atomic mass is 16.6. The van der Waals surface area contributed by atoms with Crippen LogP contribution in [-0.2, 0) is 28.6 Å². The maximum Gasteiger partial charge on any atom is 0.407 e. The van der Waals surface area contributed by atoms with Crippen LogP contribution in [-0.4, -0.2) is 62.4 Å². The molecule has 0 bridgehead atoms. The molecule has 4 amide bonds. The first-order valence-electron chi connectivity index (χ1n) is 10.5. The number of piperidine rings is 1. The molecule has 0 radical (unpaired) electrons. The van der Waals surface area contributed by atoms with Crippen LogP contribution in [0.4, 0.5) is 10.5 Å². The van der Waals surface area contributed by atoms with Crippen molar-refractivity contribution in [2.45, 2.75) is 45.1 Å². The molecule has 1 aliphatic heterocycles. The molecule has 0 saturated carbocycles. The summed E-state index contributed by atoms with van der Waals surface area (Å²) in [6, 6.07) is 6.93. The van der Waals surface area contributed by atoms with Crippen molar-refractivity contribution in [1.29, 1.82) is 0 Å². The minimum atomic E-state index is -0.547. The van der Waals surface area contributed by atoms with Gasteiger partial charge >= 0.3 is 6.09 Å². The van der Waals surface area contributed by atoms with E-state index in [2.05, 4.69) is 16.0 Å². The zero-order chi connectivity index (χ0) is 23.6. The van der Waals surface area contributed by atoms with Gasteiger partial charge in [-0.3, -0.25) is 19.7 Å². The van der Waals surface area contributed by atoms with Gasteiger partial charge in [-0.25, -0.2) is 4.79 Å². The Morgan fingerprint density at radius 1 is 1.06 bits per heavy atom. The third kappa shape index (κ3) is 9.44. The summed E-state index contributed by atoms with van der Waals surface area (Å²) in [6.07, 6.45) is 0.290. The van der Waals surface area contributed by atoms with Crippen molar-refractivity contribution < 1.29 is 33.4 Å². The molecule has 32 heavy (non-hydrogen) atoms. The number of imide groups is 1. The molecule has 1 heterocycles. The molecule has 1 aromatic carbocycles. The number of ether oxygens (including phenoxy) is 3. The summed E-state index contributed by atoms with van der Waals surface area (Å²) in [5, 5.41) is 7.62. The van der Waals surface area contributed by atoms with Gasteiger partial charge in [-0.05, 0) is 44.9 Å². The fourth-order valence-corrected chi connectivity index (χ4v) is 2.93. The van der Waals surface area contributed by atoms with Gasteiger partial charge in [0.05, 0.1) is 25.7 Å². The van der Waals surface area contributed by atoms with Crippen molar-refractivity contribution in [2.75, 3.05) is 38.3 Å². The largest absolute Gasteiger partial charge is 0.444 e. The molecule has 0 aromatic heterocycles. The number of rotatable bonds is 10. The molecular formula is C22H31N3O7. The number of hydrogen-bond donors (Lipinski definition) is 3. The number of benzene rings is 1. The van der Waals surface area contributed by atoms with E-state index in [4.69, 9.17) is 14.2 Å². The highest BCUT2D eigenvalue weighted by Crippen LogP contribution is 2.25. The molecular weight excluding hydrogens is 418 g/mol. The molecule has 1 aromatic rings. The minimum Gasteiger partial charge on any atom is -0.444 e. The highest BCUT2D eigenvalue weighted by molar-refractivity contribution is 6.01. The molecule has 10 nitrogen and oxygen atoms in total. The highest BCUT2D eigenvalue weighted by Gasteiger charge is 2.27. The molecule has 10 heteroatoms. The maximum atomic E-state index is 12.0. The fraction of sp³-hybridized carbons (Fsp3) is 0.545. The maximum absolute atomic E-state index is 12.0. The van der Waals surface area contributed by atoms with E-state index in [0.717, 1.165) is 5.56 Å². The molecule has 1 atom stereocenters. The van der Waals surface area contributed by atoms with Crippen molar-refractivity contribution in [2.24, 2.45) is 0 Å². The van der Waals surface area contributed by atoms with Crippen molar-refractivity contribution in [1.82, 2.24) is 10.6 Å². The Morgan fingerprint density at radius 3 is 2.41 bits per heavy atom. The van der Waals surface area contributed by atoms with Gasteiger partial charge < -0.3 is 24.8 Å². The zero-order valence-electron chi connectivity index (χ0n) is 18.7. The number of carbonyl (C=O) groups excluding carboxylic acids is 4. The number of hydrogen-bond acceptors (Lipinski definition) is 7. The van der Waals surface area contributed by atoms with Crippen LogP contribution in [0.25, 0.3) is 0 Å². The molecule has 176 valence electrons. The summed E-state index contributed by atoms with van der Waals surface area (Å²) in [4.78, 5) is 46.6. The Kier molecular flexibility index (Phi) is 9.61. The zero-order valence-corrected chi connectivity index (χ0v) is 18.7. The lowest BCUT2D eigenvalue weighted by molar-refractivity contribution is -0.134. The molecule has 1 saturated heterocycles. The van der Waals surface area contributed by atoms with Gasteiger partial charge in [-0.1, -0.05) is 12.1 Å². The predicted molar refractivity (Wildman–Crippen MR) is 116 cm³/mol. The predicted octanol–water partition coefficient (Wildman–Crippen LogP) is 1.70. The van der Waals surface area contributed by atoms with Crippen LogP contribution >= 0.6 is 0 Å². The van der Waals surface area contributed by atoms with Crippen molar-refractivity contribution in [3.05, 3.63) is 29.8 Å². The fourth-order valence-electron chi connectivity index (χ4n) is 2.93. The first-order chi connectivity index (χ1) is 15.1. The van der Waals surface area contributed by atoms with E-state index in [1.54, 1.807) is 45.0 Å². The molecule has 0 spiro atoms. The minimum absolute atomic E-state index is 0.131. The van der Waals surface area contributed by atoms with E-state index in [-0.39, 0.29) is 43.5 Å². The molecule has 1 fully saturated rings. The van der Waals surface area contributed by atoms with E-state index < -0.39 is 11.7 Å². The number of alkyl carbamates (subject to hydrolysis) is 1. The quantitative estimate of drug-likeness (QED) is 0.366. The summed E-state index contributed by atoms with van der Waals surface area (Å²) in [5.41, 5.74) is 0.830. The van der Waals surface area contributed by atoms with Crippen molar-refractivity contribution in [3.63, 3.8) is 0 Å². The Bertz CT molecular complexity index is 803. The van der Waals surface area contributed by atoms with Gasteiger partial charge in [-0.2, -0.15) is 0 Å². The Hall–Kier alpha value is -2.98. The Balaban J connectivity index is 1.56. The second kappa shape index (κ2) is 12.2. The SMILES string of the molecule is CC(C)(C)OC(=O)NCCOCCOCC(=O)Nc1ccc(C2CCC(=O)NC2=O)cc1. The smallest absolute Gasteiger partial charge is 0.407 e. The average Bonchev–Trinajstić information content (AvgIpc) is 2.69.